The minimum absolute atomic E-state index is 0.289. The Balaban J connectivity index is 1.21. The van der Waals surface area contributed by atoms with Crippen LogP contribution in [0.1, 0.15) is 24.8 Å². The van der Waals surface area contributed by atoms with Crippen molar-refractivity contribution in [1.82, 2.24) is 34.9 Å². The van der Waals surface area contributed by atoms with E-state index < -0.39 is 0 Å². The van der Waals surface area contributed by atoms with Gasteiger partial charge in [0.2, 0.25) is 0 Å². The molecule has 8 nitrogen and oxygen atoms in total. The number of piperidine rings is 1. The van der Waals surface area contributed by atoms with Gasteiger partial charge in [0.15, 0.2) is 0 Å². The zero-order valence-corrected chi connectivity index (χ0v) is 25.2. The van der Waals surface area contributed by atoms with E-state index in [1.807, 2.05) is 32.6 Å². The maximum Gasteiger partial charge on any atom is 0.125 e. The number of likely N-dealkylation sites (N-methyl/N-ethyl adjacent to an activating group) is 1. The molecule has 1 fully saturated rings. The Kier molecular flexibility index (Phi) is 7.80. The van der Waals surface area contributed by atoms with Gasteiger partial charge in [0.25, 0.3) is 0 Å². The van der Waals surface area contributed by atoms with E-state index >= 15 is 0 Å². The molecule has 0 atom stereocenters. The van der Waals surface area contributed by atoms with Gasteiger partial charge in [-0.05, 0) is 99.2 Å². The van der Waals surface area contributed by atoms with Gasteiger partial charge in [0, 0.05) is 65.8 Å². The van der Waals surface area contributed by atoms with Crippen LogP contribution in [0.25, 0.3) is 55.4 Å². The van der Waals surface area contributed by atoms with Gasteiger partial charge in [-0.1, -0.05) is 12.5 Å². The highest BCUT2D eigenvalue weighted by Crippen LogP contribution is 2.36. The van der Waals surface area contributed by atoms with Crippen molar-refractivity contribution in [3.63, 3.8) is 0 Å². The third-order valence-corrected chi connectivity index (χ3v) is 8.44. The number of pyridine rings is 2. The number of rotatable bonds is 9. The van der Waals surface area contributed by atoms with Crippen molar-refractivity contribution in [3.05, 3.63) is 84.7 Å². The van der Waals surface area contributed by atoms with Gasteiger partial charge in [0.1, 0.15) is 11.5 Å². The number of halogens is 1. The topological polar surface area (TPSA) is 88.8 Å². The number of H-pyrrole nitrogens is 2. The number of fused-ring (bicyclic) bond motifs is 2. The summed E-state index contributed by atoms with van der Waals surface area (Å²) >= 11 is 0. The largest absolute Gasteiger partial charge is 0.384 e. The van der Waals surface area contributed by atoms with Gasteiger partial charge in [0.05, 0.1) is 22.9 Å². The molecule has 0 bridgehead atoms. The van der Waals surface area contributed by atoms with Crippen LogP contribution in [0.15, 0.2) is 73.3 Å². The maximum absolute atomic E-state index is 14.7. The Labute approximate surface area is 256 Å². The fourth-order valence-corrected chi connectivity index (χ4v) is 6.19. The van der Waals surface area contributed by atoms with E-state index in [9.17, 15) is 4.39 Å². The Morgan fingerprint density at radius 2 is 1.70 bits per heavy atom. The van der Waals surface area contributed by atoms with Crippen LogP contribution in [0.3, 0.4) is 0 Å². The van der Waals surface area contributed by atoms with Crippen LogP contribution < -0.4 is 5.32 Å². The molecule has 0 amide bonds. The molecule has 2 aromatic carbocycles. The molecule has 1 saturated heterocycles. The minimum Gasteiger partial charge on any atom is -0.384 e. The highest BCUT2D eigenvalue weighted by Gasteiger charge is 2.16. The first-order chi connectivity index (χ1) is 21.5. The Hall–Kier alpha value is -4.60. The van der Waals surface area contributed by atoms with Crippen molar-refractivity contribution in [1.29, 1.82) is 0 Å². The number of hydrogen-bond acceptors (Lipinski definition) is 6. The Morgan fingerprint density at radius 3 is 2.57 bits per heavy atom. The summed E-state index contributed by atoms with van der Waals surface area (Å²) in [6, 6.07) is 15.8. The average Bonchev–Trinajstić information content (AvgIpc) is 3.65. The smallest absolute Gasteiger partial charge is 0.125 e. The first-order valence-corrected chi connectivity index (χ1v) is 15.3. The van der Waals surface area contributed by atoms with Crippen molar-refractivity contribution in [3.8, 4) is 33.6 Å². The van der Waals surface area contributed by atoms with E-state index in [2.05, 4.69) is 65.5 Å². The number of nitrogens with zero attached hydrogens (tertiary/aromatic N) is 5. The first-order valence-electron chi connectivity index (χ1n) is 15.3. The Morgan fingerprint density at radius 1 is 0.841 bits per heavy atom. The van der Waals surface area contributed by atoms with Crippen molar-refractivity contribution in [2.75, 3.05) is 45.6 Å². The monoisotopic (exact) mass is 588 g/mol. The zero-order chi connectivity index (χ0) is 30.0. The van der Waals surface area contributed by atoms with Crippen molar-refractivity contribution < 1.29 is 4.39 Å². The lowest BCUT2D eigenvalue weighted by molar-refractivity contribution is 0.220. The molecule has 4 aromatic heterocycles. The molecule has 0 spiro atoms. The van der Waals surface area contributed by atoms with E-state index in [1.54, 1.807) is 18.5 Å². The second kappa shape index (κ2) is 12.2. The van der Waals surface area contributed by atoms with Crippen LogP contribution in [0.2, 0.25) is 0 Å². The third-order valence-electron chi connectivity index (χ3n) is 8.44. The molecule has 0 unspecified atom stereocenters. The lowest BCUT2D eigenvalue weighted by Crippen LogP contribution is -2.29. The molecular formula is C35H37FN8. The van der Waals surface area contributed by atoms with Crippen LogP contribution in [0.4, 0.5) is 10.1 Å². The summed E-state index contributed by atoms with van der Waals surface area (Å²) in [5, 5.41) is 13.2. The number of hydrogen-bond donors (Lipinski definition) is 3. The number of benzene rings is 2. The highest BCUT2D eigenvalue weighted by molar-refractivity contribution is 6.01. The van der Waals surface area contributed by atoms with Crippen LogP contribution in [-0.4, -0.2) is 75.2 Å². The fraction of sp³-hybridized carbons (Fsp3) is 0.286. The predicted octanol–water partition coefficient (Wildman–Crippen LogP) is 6.93. The summed E-state index contributed by atoms with van der Waals surface area (Å²) < 4.78 is 14.7. The van der Waals surface area contributed by atoms with E-state index in [4.69, 9.17) is 5.10 Å². The number of likely N-dealkylation sites (tertiary alicyclic amines) is 1. The van der Waals surface area contributed by atoms with Crippen LogP contribution >= 0.6 is 0 Å². The minimum atomic E-state index is -0.289. The van der Waals surface area contributed by atoms with Crippen LogP contribution in [-0.2, 0) is 6.54 Å². The van der Waals surface area contributed by atoms with Crippen molar-refractivity contribution >= 4 is 27.5 Å². The standard InChI is InChI=1S/C35H37FN8/c1-43(2)11-8-39-28-14-25(13-27(36)16-28)31-20-38-21-34-29(31)17-33(40-34)35-30-15-24(6-7-32(30)41-42-35)26-12-23(18-37-19-26)22-44-9-4-3-5-10-44/h6-7,12-21,39-40H,3-5,8-11,22H2,1-2H3,(H,41,42). The molecule has 5 heterocycles. The molecule has 44 heavy (non-hydrogen) atoms. The van der Waals surface area contributed by atoms with E-state index in [-0.39, 0.29) is 5.82 Å². The first kappa shape index (κ1) is 28.2. The van der Waals surface area contributed by atoms with Crippen LogP contribution in [0, 0.1) is 5.82 Å². The summed E-state index contributed by atoms with van der Waals surface area (Å²) in [7, 11) is 4.04. The maximum atomic E-state index is 14.7. The summed E-state index contributed by atoms with van der Waals surface area (Å²) in [5.74, 6) is -0.289. The quantitative estimate of drug-likeness (QED) is 0.170. The summed E-state index contributed by atoms with van der Waals surface area (Å²) in [5.41, 5.74) is 9.32. The molecule has 0 saturated carbocycles. The second-order valence-corrected chi connectivity index (χ2v) is 12.0. The summed E-state index contributed by atoms with van der Waals surface area (Å²) in [4.78, 5) is 17.2. The predicted molar refractivity (Wildman–Crippen MR) is 176 cm³/mol. The molecule has 1 aliphatic heterocycles. The molecule has 7 rings (SSSR count). The van der Waals surface area contributed by atoms with E-state index in [0.717, 1.165) is 93.9 Å². The Bertz CT molecular complexity index is 1920. The fourth-order valence-electron chi connectivity index (χ4n) is 6.19. The summed E-state index contributed by atoms with van der Waals surface area (Å²) in [6.45, 7) is 4.82. The molecule has 1 aliphatic rings. The van der Waals surface area contributed by atoms with Crippen LogP contribution in [0.5, 0.6) is 0 Å². The number of nitrogens with one attached hydrogen (secondary N) is 3. The van der Waals surface area contributed by atoms with Gasteiger partial charge in [-0.3, -0.25) is 20.0 Å². The van der Waals surface area contributed by atoms with Gasteiger partial charge < -0.3 is 15.2 Å². The average molecular weight is 589 g/mol. The molecular weight excluding hydrogens is 551 g/mol. The molecule has 9 heteroatoms. The lowest BCUT2D eigenvalue weighted by Gasteiger charge is -2.26. The molecule has 0 radical (unpaired) electrons. The van der Waals surface area contributed by atoms with Crippen molar-refractivity contribution in [2.24, 2.45) is 0 Å². The molecule has 0 aliphatic carbocycles. The zero-order valence-electron chi connectivity index (χ0n) is 25.2. The second-order valence-electron chi connectivity index (χ2n) is 12.0. The lowest BCUT2D eigenvalue weighted by atomic mass is 10.0. The number of aromatic amines is 2. The number of anilines is 1. The number of aromatic nitrogens is 5. The molecule has 6 aromatic rings. The van der Waals surface area contributed by atoms with Crippen molar-refractivity contribution in [2.45, 2.75) is 25.8 Å². The van der Waals surface area contributed by atoms with Gasteiger partial charge in [-0.2, -0.15) is 5.10 Å². The van der Waals surface area contributed by atoms with E-state index in [0.29, 0.717) is 0 Å². The van der Waals surface area contributed by atoms with E-state index in [1.165, 1.54) is 30.9 Å². The SMILES string of the molecule is CN(C)CCNc1cc(F)cc(-c2cncc3[nH]c(-c4n[nH]c5ccc(-c6cncc(CN7CCCCC7)c6)cc45)cc23)c1. The molecule has 3 N–H and O–H groups in total. The third kappa shape index (κ3) is 5.93. The van der Waals surface area contributed by atoms with Gasteiger partial charge in [-0.25, -0.2) is 4.39 Å². The highest BCUT2D eigenvalue weighted by atomic mass is 19.1. The van der Waals surface area contributed by atoms with Gasteiger partial charge >= 0.3 is 0 Å². The molecule has 224 valence electrons. The normalized spacial score (nSPS) is 14.2. The summed E-state index contributed by atoms with van der Waals surface area (Å²) in [6.07, 6.45) is 11.4. The van der Waals surface area contributed by atoms with Gasteiger partial charge in [-0.15, -0.1) is 0 Å².